The number of carbonyl (C=O) groups is 1. The van der Waals surface area contributed by atoms with Gasteiger partial charge in [-0.05, 0) is 31.1 Å². The monoisotopic (exact) mass is 426 g/mol. The van der Waals surface area contributed by atoms with Gasteiger partial charge in [0.25, 0.3) is 5.91 Å². The molecule has 0 bridgehead atoms. The number of ether oxygens (including phenoxy) is 2. The fourth-order valence-corrected chi connectivity index (χ4v) is 3.59. The van der Waals surface area contributed by atoms with E-state index in [1.807, 2.05) is 25.2 Å². The molecule has 7 nitrogen and oxygen atoms in total. The van der Waals surface area contributed by atoms with Gasteiger partial charge in [-0.1, -0.05) is 24.6 Å². The zero-order chi connectivity index (χ0) is 21.3. The standard InChI is InChI=1S/C22H26N4O3S/c1-4-16-8-11-29-9-5-6-17(12-16)21-24-19(14-30-21)20(27)26-22-23-13-18(25-22)15(2)7-10-28-3/h5-7,9,12-14H,4,8,10-11H2,1-3H3,(H2,23,25,26,27)/b9-5+,15-7+,16-12+,17-6+. The molecular formula is C22H26N4O3S. The van der Waals surface area contributed by atoms with Crippen LogP contribution in [0.5, 0.6) is 0 Å². The number of hydrogen-bond donors (Lipinski definition) is 2. The number of carbonyl (C=O) groups excluding carboxylic acids is 1. The first-order valence-electron chi connectivity index (χ1n) is 9.77. The van der Waals surface area contributed by atoms with Gasteiger partial charge in [-0.2, -0.15) is 0 Å². The summed E-state index contributed by atoms with van der Waals surface area (Å²) in [7, 11) is 1.64. The Labute approximate surface area is 180 Å². The Kier molecular flexibility index (Phi) is 7.75. The minimum absolute atomic E-state index is 0.306. The molecule has 2 aromatic rings. The van der Waals surface area contributed by atoms with Gasteiger partial charge in [0.15, 0.2) is 0 Å². The van der Waals surface area contributed by atoms with Gasteiger partial charge >= 0.3 is 0 Å². The molecule has 0 aliphatic carbocycles. The van der Waals surface area contributed by atoms with Crippen molar-refractivity contribution in [3.63, 3.8) is 0 Å². The lowest BCUT2D eigenvalue weighted by molar-refractivity contribution is 0.102. The normalized spacial score (nSPS) is 19.4. The van der Waals surface area contributed by atoms with Crippen LogP contribution < -0.4 is 5.32 Å². The average molecular weight is 427 g/mol. The van der Waals surface area contributed by atoms with Crippen LogP contribution in [-0.4, -0.2) is 41.2 Å². The first-order chi connectivity index (χ1) is 14.6. The van der Waals surface area contributed by atoms with E-state index in [0.717, 1.165) is 34.7 Å². The number of H-pyrrole nitrogens is 1. The van der Waals surface area contributed by atoms with E-state index < -0.39 is 0 Å². The average Bonchev–Trinajstić information content (AvgIpc) is 3.43. The van der Waals surface area contributed by atoms with Crippen molar-refractivity contribution < 1.29 is 14.3 Å². The van der Waals surface area contributed by atoms with E-state index in [1.54, 1.807) is 24.9 Å². The third-order valence-corrected chi connectivity index (χ3v) is 5.47. The van der Waals surface area contributed by atoms with Crippen molar-refractivity contribution in [3.05, 3.63) is 64.1 Å². The van der Waals surface area contributed by atoms with Gasteiger partial charge in [-0.15, -0.1) is 11.3 Å². The van der Waals surface area contributed by atoms with Gasteiger partial charge in [0, 0.05) is 24.5 Å². The Morgan fingerprint density at radius 1 is 1.47 bits per heavy atom. The van der Waals surface area contributed by atoms with Crippen molar-refractivity contribution in [1.82, 2.24) is 15.0 Å². The van der Waals surface area contributed by atoms with E-state index in [4.69, 9.17) is 9.47 Å². The van der Waals surface area contributed by atoms with Crippen LogP contribution in [0.2, 0.25) is 0 Å². The Morgan fingerprint density at radius 2 is 2.33 bits per heavy atom. The van der Waals surface area contributed by atoms with E-state index in [2.05, 4.69) is 33.3 Å². The summed E-state index contributed by atoms with van der Waals surface area (Å²) in [4.78, 5) is 24.5. The predicted octanol–water partition coefficient (Wildman–Crippen LogP) is 4.82. The summed E-state index contributed by atoms with van der Waals surface area (Å²) in [6, 6.07) is 0. The molecule has 0 atom stereocenters. The molecule has 0 unspecified atom stereocenters. The highest BCUT2D eigenvalue weighted by Crippen LogP contribution is 2.25. The van der Waals surface area contributed by atoms with Gasteiger partial charge in [0.1, 0.15) is 10.7 Å². The SMILES string of the molecule is CC\C1=C/C(c2nc(C(=O)Nc3ncc(/C(C)=C/COC)[nH]3)cs2)=C\C=C\OCC1. The van der Waals surface area contributed by atoms with Crippen molar-refractivity contribution in [2.45, 2.75) is 26.7 Å². The highest BCUT2D eigenvalue weighted by Gasteiger charge is 2.15. The second kappa shape index (κ2) is 10.7. The first kappa shape index (κ1) is 21.7. The molecule has 3 rings (SSSR count). The quantitative estimate of drug-likeness (QED) is 0.662. The molecule has 158 valence electrons. The summed E-state index contributed by atoms with van der Waals surface area (Å²) < 4.78 is 10.5. The Hall–Kier alpha value is -2.97. The third kappa shape index (κ3) is 5.77. The molecule has 0 saturated heterocycles. The van der Waals surface area contributed by atoms with Gasteiger partial charge in [0.2, 0.25) is 5.95 Å². The molecule has 0 radical (unpaired) electrons. The lowest BCUT2D eigenvalue weighted by atomic mass is 10.1. The molecule has 0 aromatic carbocycles. The van der Waals surface area contributed by atoms with E-state index in [1.165, 1.54) is 16.9 Å². The van der Waals surface area contributed by atoms with Gasteiger partial charge in [0.05, 0.1) is 31.4 Å². The van der Waals surface area contributed by atoms with Crippen LogP contribution >= 0.6 is 11.3 Å². The molecule has 2 aromatic heterocycles. The highest BCUT2D eigenvalue weighted by atomic mass is 32.1. The van der Waals surface area contributed by atoms with Crippen LogP contribution in [0.4, 0.5) is 5.95 Å². The fraction of sp³-hybridized carbons (Fsp3) is 0.318. The van der Waals surface area contributed by atoms with Crippen molar-refractivity contribution >= 4 is 34.3 Å². The number of imidazole rings is 1. The maximum Gasteiger partial charge on any atom is 0.277 e. The number of aromatic nitrogens is 3. The summed E-state index contributed by atoms with van der Waals surface area (Å²) in [6.45, 7) is 5.25. The van der Waals surface area contributed by atoms with Crippen molar-refractivity contribution in [2.24, 2.45) is 0 Å². The van der Waals surface area contributed by atoms with Crippen LogP contribution in [0.15, 0.2) is 47.7 Å². The number of methoxy groups -OCH3 is 1. The van der Waals surface area contributed by atoms with Crippen molar-refractivity contribution in [3.8, 4) is 0 Å². The Morgan fingerprint density at radius 3 is 3.13 bits per heavy atom. The van der Waals surface area contributed by atoms with Crippen LogP contribution in [0.1, 0.15) is 47.9 Å². The second-order valence-electron chi connectivity index (χ2n) is 6.71. The molecule has 1 aliphatic rings. The molecule has 30 heavy (non-hydrogen) atoms. The number of hydrogen-bond acceptors (Lipinski definition) is 6. The maximum absolute atomic E-state index is 12.6. The lowest BCUT2D eigenvalue weighted by Crippen LogP contribution is -2.13. The smallest absolute Gasteiger partial charge is 0.277 e. The largest absolute Gasteiger partial charge is 0.501 e. The predicted molar refractivity (Wildman–Crippen MR) is 120 cm³/mol. The van der Waals surface area contributed by atoms with Crippen LogP contribution in [0.25, 0.3) is 11.1 Å². The number of anilines is 1. The van der Waals surface area contributed by atoms with E-state index in [-0.39, 0.29) is 5.91 Å². The number of amides is 1. The summed E-state index contributed by atoms with van der Waals surface area (Å²) in [5, 5.41) is 5.31. The summed E-state index contributed by atoms with van der Waals surface area (Å²) in [5.74, 6) is 0.0729. The number of nitrogens with one attached hydrogen (secondary N) is 2. The number of rotatable bonds is 7. The van der Waals surface area contributed by atoms with E-state index >= 15 is 0 Å². The zero-order valence-corrected chi connectivity index (χ0v) is 18.2. The molecule has 0 fully saturated rings. The second-order valence-corrected chi connectivity index (χ2v) is 7.57. The minimum atomic E-state index is -0.306. The molecule has 0 saturated carbocycles. The minimum Gasteiger partial charge on any atom is -0.501 e. The van der Waals surface area contributed by atoms with Gasteiger partial charge in [-0.3, -0.25) is 10.1 Å². The van der Waals surface area contributed by atoms with Crippen molar-refractivity contribution in [2.75, 3.05) is 25.6 Å². The third-order valence-electron chi connectivity index (χ3n) is 4.58. The van der Waals surface area contributed by atoms with Crippen molar-refractivity contribution in [1.29, 1.82) is 0 Å². The van der Waals surface area contributed by atoms with E-state index in [0.29, 0.717) is 24.9 Å². The summed E-state index contributed by atoms with van der Waals surface area (Å²) in [6.07, 6.45) is 13.1. The van der Waals surface area contributed by atoms with Gasteiger partial charge < -0.3 is 14.5 Å². The molecule has 2 N–H and O–H groups in total. The van der Waals surface area contributed by atoms with Crippen LogP contribution in [0.3, 0.4) is 0 Å². The molecule has 8 heteroatoms. The number of aromatic amines is 1. The first-order valence-corrected chi connectivity index (χ1v) is 10.6. The Balaban J connectivity index is 1.73. The van der Waals surface area contributed by atoms with Crippen LogP contribution in [-0.2, 0) is 9.47 Å². The topological polar surface area (TPSA) is 89.1 Å². The van der Waals surface area contributed by atoms with Crippen LogP contribution in [0, 0.1) is 0 Å². The molecule has 1 aliphatic heterocycles. The number of nitrogens with zero attached hydrogens (tertiary/aromatic N) is 2. The van der Waals surface area contributed by atoms with E-state index in [9.17, 15) is 4.79 Å². The summed E-state index contributed by atoms with van der Waals surface area (Å²) in [5.41, 5.74) is 4.42. The molecule has 3 heterocycles. The zero-order valence-electron chi connectivity index (χ0n) is 17.4. The molecule has 1 amide bonds. The number of thiazole rings is 1. The highest BCUT2D eigenvalue weighted by molar-refractivity contribution is 7.11. The number of allylic oxidation sites excluding steroid dienone is 5. The molecular weight excluding hydrogens is 400 g/mol. The lowest BCUT2D eigenvalue weighted by Gasteiger charge is -2.04. The maximum atomic E-state index is 12.6. The Bertz CT molecular complexity index is 998. The fourth-order valence-electron chi connectivity index (χ4n) is 2.79. The van der Waals surface area contributed by atoms with Gasteiger partial charge in [-0.25, -0.2) is 9.97 Å². The summed E-state index contributed by atoms with van der Waals surface area (Å²) >= 11 is 1.44. The molecule has 0 spiro atoms.